The van der Waals surface area contributed by atoms with Crippen LogP contribution < -0.4 is 9.64 Å². The van der Waals surface area contributed by atoms with Crippen LogP contribution in [0.15, 0.2) is 71.2 Å². The third-order valence-electron chi connectivity index (χ3n) is 6.19. The van der Waals surface area contributed by atoms with Crippen molar-refractivity contribution in [2.45, 2.75) is 38.8 Å². The Bertz CT molecular complexity index is 1310. The summed E-state index contributed by atoms with van der Waals surface area (Å²) in [5.41, 5.74) is 1.78. The minimum Gasteiger partial charge on any atom is -0.508 e. The first kappa shape index (κ1) is 26.3. The summed E-state index contributed by atoms with van der Waals surface area (Å²) in [5, 5.41) is 10.7. The molecule has 3 unspecified atom stereocenters. The number of aromatic hydroxyl groups is 1. The molecule has 3 aromatic carbocycles. The van der Waals surface area contributed by atoms with Crippen LogP contribution in [0.2, 0.25) is 0 Å². The van der Waals surface area contributed by atoms with Gasteiger partial charge in [0.2, 0.25) is 5.91 Å². The maximum Gasteiger partial charge on any atom is 0.308 e. The number of ether oxygens (including phenoxy) is 2. The summed E-state index contributed by atoms with van der Waals surface area (Å²) in [4.78, 5) is 38.0. The van der Waals surface area contributed by atoms with Crippen molar-refractivity contribution in [3.05, 3.63) is 88.1 Å². The van der Waals surface area contributed by atoms with Crippen LogP contribution in [0, 0.1) is 11.7 Å². The lowest BCUT2D eigenvalue weighted by Crippen LogP contribution is -2.55. The highest BCUT2D eigenvalue weighted by Gasteiger charge is 2.49. The van der Waals surface area contributed by atoms with Gasteiger partial charge in [0.05, 0.1) is 12.0 Å². The van der Waals surface area contributed by atoms with Crippen molar-refractivity contribution in [3.63, 3.8) is 0 Å². The number of amides is 1. The molecule has 1 aliphatic rings. The Hall–Kier alpha value is -3.72. The summed E-state index contributed by atoms with van der Waals surface area (Å²) >= 11 is 3.35. The molecular weight excluding hydrogens is 545 g/mol. The van der Waals surface area contributed by atoms with Crippen molar-refractivity contribution in [2.24, 2.45) is 5.92 Å². The molecule has 1 amide bonds. The number of β-lactam (4-membered cyclic amide) rings is 1. The first-order valence-corrected chi connectivity index (χ1v) is 12.5. The monoisotopic (exact) mass is 569 g/mol. The summed E-state index contributed by atoms with van der Waals surface area (Å²) in [6.07, 6.45) is 0.0347. The van der Waals surface area contributed by atoms with E-state index in [1.807, 2.05) is 0 Å². The number of phenols is 1. The molecule has 4 rings (SSSR count). The van der Waals surface area contributed by atoms with Crippen LogP contribution in [0.5, 0.6) is 11.5 Å². The van der Waals surface area contributed by atoms with E-state index in [4.69, 9.17) is 9.47 Å². The molecule has 192 valence electrons. The van der Waals surface area contributed by atoms with Gasteiger partial charge in [-0.1, -0.05) is 34.1 Å². The second kappa shape index (κ2) is 11.1. The molecule has 0 bridgehead atoms. The zero-order valence-corrected chi connectivity index (χ0v) is 21.8. The van der Waals surface area contributed by atoms with Crippen molar-refractivity contribution in [1.29, 1.82) is 0 Å². The molecule has 1 fully saturated rings. The van der Waals surface area contributed by atoms with Gasteiger partial charge in [0, 0.05) is 29.6 Å². The summed E-state index contributed by atoms with van der Waals surface area (Å²) < 4.78 is 24.7. The van der Waals surface area contributed by atoms with E-state index in [1.54, 1.807) is 59.5 Å². The maximum atomic E-state index is 13.4. The van der Waals surface area contributed by atoms with Gasteiger partial charge in [-0.05, 0) is 66.9 Å². The molecule has 1 saturated heterocycles. The van der Waals surface area contributed by atoms with E-state index >= 15 is 0 Å². The van der Waals surface area contributed by atoms with Crippen LogP contribution in [0.3, 0.4) is 0 Å². The van der Waals surface area contributed by atoms with Crippen molar-refractivity contribution >= 4 is 39.5 Å². The quantitative estimate of drug-likeness (QED) is 0.203. The van der Waals surface area contributed by atoms with Crippen LogP contribution >= 0.6 is 15.9 Å². The van der Waals surface area contributed by atoms with Crippen LogP contribution in [0.25, 0.3) is 0 Å². The number of halogens is 2. The van der Waals surface area contributed by atoms with E-state index in [0.717, 1.165) is 0 Å². The minimum atomic E-state index is -0.651. The largest absolute Gasteiger partial charge is 0.508 e. The molecule has 3 atom stereocenters. The highest BCUT2D eigenvalue weighted by Crippen LogP contribution is 2.49. The smallest absolute Gasteiger partial charge is 0.308 e. The van der Waals surface area contributed by atoms with Crippen LogP contribution in [0.1, 0.15) is 50.0 Å². The zero-order valence-electron chi connectivity index (χ0n) is 20.2. The van der Waals surface area contributed by atoms with Crippen molar-refractivity contribution < 1.29 is 33.4 Å². The fraction of sp³-hybridized carbons (Fsp3) is 0.250. The molecule has 3 aromatic rings. The Morgan fingerprint density at radius 1 is 1.03 bits per heavy atom. The Kier molecular flexibility index (Phi) is 7.92. The van der Waals surface area contributed by atoms with Gasteiger partial charge in [0.25, 0.3) is 0 Å². The lowest BCUT2D eigenvalue weighted by atomic mass is 9.78. The molecule has 7 nitrogen and oxygen atoms in total. The molecule has 0 saturated carbocycles. The molecule has 9 heteroatoms. The van der Waals surface area contributed by atoms with E-state index in [1.165, 1.54) is 26.0 Å². The molecule has 37 heavy (non-hydrogen) atoms. The van der Waals surface area contributed by atoms with Gasteiger partial charge in [0.15, 0.2) is 0 Å². The number of hydrogen-bond acceptors (Lipinski definition) is 6. The normalized spacial score (nSPS) is 17.6. The maximum absolute atomic E-state index is 13.4. The van der Waals surface area contributed by atoms with Gasteiger partial charge >= 0.3 is 11.9 Å². The fourth-order valence-electron chi connectivity index (χ4n) is 4.58. The Morgan fingerprint density at radius 2 is 1.70 bits per heavy atom. The number of rotatable bonds is 8. The first-order valence-electron chi connectivity index (χ1n) is 11.7. The van der Waals surface area contributed by atoms with Gasteiger partial charge in [-0.2, -0.15) is 0 Å². The Morgan fingerprint density at radius 3 is 2.30 bits per heavy atom. The van der Waals surface area contributed by atoms with E-state index in [0.29, 0.717) is 39.9 Å². The van der Waals surface area contributed by atoms with Gasteiger partial charge < -0.3 is 19.5 Å². The Labute approximate surface area is 221 Å². The number of anilines is 1. The van der Waals surface area contributed by atoms with Gasteiger partial charge in [-0.25, -0.2) is 4.39 Å². The van der Waals surface area contributed by atoms with E-state index in [-0.39, 0.29) is 11.7 Å². The molecule has 0 aliphatic carbocycles. The van der Waals surface area contributed by atoms with E-state index < -0.39 is 35.8 Å². The highest BCUT2D eigenvalue weighted by atomic mass is 79.9. The first-order chi connectivity index (χ1) is 17.6. The van der Waals surface area contributed by atoms with Crippen molar-refractivity contribution in [3.8, 4) is 11.5 Å². The van der Waals surface area contributed by atoms with Crippen molar-refractivity contribution in [1.82, 2.24) is 0 Å². The predicted octanol–water partition coefficient (Wildman–Crippen LogP) is 6.01. The average Bonchev–Trinajstić information content (AvgIpc) is 2.83. The Balaban J connectivity index is 1.61. The van der Waals surface area contributed by atoms with Crippen LogP contribution in [-0.2, 0) is 19.1 Å². The summed E-state index contributed by atoms with van der Waals surface area (Å²) in [7, 11) is 0. The molecule has 1 N–H and O–H groups in total. The summed E-state index contributed by atoms with van der Waals surface area (Å²) in [6.45, 7) is 2.60. The van der Waals surface area contributed by atoms with E-state index in [2.05, 4.69) is 15.9 Å². The second-order valence-electron chi connectivity index (χ2n) is 8.78. The number of benzene rings is 3. The van der Waals surface area contributed by atoms with Crippen LogP contribution in [-0.4, -0.2) is 23.0 Å². The standard InChI is InChI=1S/C28H25BrFNO6/c1-16(32)36-22-10-8-21(9-11-22)31-27(23-12-5-19(29)15-25(23)34)24(28(31)35)13-14-26(37-17(2)33)18-3-6-20(30)7-4-18/h3-12,15,24,26-27,34H,13-14H2,1-2H3. The third kappa shape index (κ3) is 5.99. The third-order valence-corrected chi connectivity index (χ3v) is 6.68. The zero-order chi connectivity index (χ0) is 26.7. The number of hydrogen-bond donors (Lipinski definition) is 1. The van der Waals surface area contributed by atoms with E-state index in [9.17, 15) is 23.9 Å². The second-order valence-corrected chi connectivity index (χ2v) is 9.69. The number of nitrogens with zero attached hydrogens (tertiary/aromatic N) is 1. The summed E-state index contributed by atoms with van der Waals surface area (Å²) in [5.74, 6) is -1.60. The highest BCUT2D eigenvalue weighted by molar-refractivity contribution is 9.10. The molecule has 0 radical (unpaired) electrons. The lowest BCUT2D eigenvalue weighted by Gasteiger charge is -2.48. The fourth-order valence-corrected chi connectivity index (χ4v) is 4.93. The summed E-state index contributed by atoms with van der Waals surface area (Å²) in [6, 6.07) is 16.9. The number of phenolic OH excluding ortho intramolecular Hbond substituents is 1. The molecule has 1 heterocycles. The number of carbonyl (C=O) groups is 3. The predicted molar refractivity (Wildman–Crippen MR) is 137 cm³/mol. The van der Waals surface area contributed by atoms with Crippen molar-refractivity contribution in [2.75, 3.05) is 4.90 Å². The number of esters is 2. The van der Waals surface area contributed by atoms with Crippen LogP contribution in [0.4, 0.5) is 10.1 Å². The average molecular weight is 570 g/mol. The SMILES string of the molecule is CC(=O)Oc1ccc(N2C(=O)C(CCC(OC(C)=O)c3ccc(F)cc3)C2c2ccc(Br)cc2O)cc1. The molecular formula is C28H25BrFNO6. The van der Waals surface area contributed by atoms with Gasteiger partial charge in [0.1, 0.15) is 23.4 Å². The lowest BCUT2D eigenvalue weighted by molar-refractivity contribution is -0.147. The van der Waals surface area contributed by atoms with Gasteiger partial charge in [-0.15, -0.1) is 0 Å². The van der Waals surface area contributed by atoms with Gasteiger partial charge in [-0.3, -0.25) is 14.4 Å². The molecule has 0 spiro atoms. The molecule has 1 aliphatic heterocycles. The topological polar surface area (TPSA) is 93.1 Å². The minimum absolute atomic E-state index is 0.0356. The number of carbonyl (C=O) groups excluding carboxylic acids is 3. The molecule has 0 aromatic heterocycles.